The summed E-state index contributed by atoms with van der Waals surface area (Å²) < 4.78 is 52.6. The molecule has 0 saturated carbocycles. The molecule has 1 heterocycles. The van der Waals surface area contributed by atoms with Gasteiger partial charge in [-0.25, -0.2) is 22.2 Å². The molecule has 3 N–H and O–H groups in total. The minimum absolute atomic E-state index is 0.0970. The SMILES string of the molecule is Cc1cnc(NS(=O)(=O)c2ccc(F)c(N)c2F)s1. The molecular weight excluding hydrogens is 296 g/mol. The van der Waals surface area contributed by atoms with E-state index in [0.717, 1.165) is 28.3 Å². The van der Waals surface area contributed by atoms with Gasteiger partial charge < -0.3 is 5.73 Å². The highest BCUT2D eigenvalue weighted by molar-refractivity contribution is 7.93. The molecule has 0 unspecified atom stereocenters. The third-order valence-electron chi connectivity index (χ3n) is 2.22. The first-order valence-corrected chi connectivity index (χ1v) is 7.30. The van der Waals surface area contributed by atoms with Gasteiger partial charge in [0, 0.05) is 11.1 Å². The minimum Gasteiger partial charge on any atom is -0.394 e. The third-order valence-corrected chi connectivity index (χ3v) is 4.54. The van der Waals surface area contributed by atoms with Crippen LogP contribution in [0.3, 0.4) is 0 Å². The molecule has 0 radical (unpaired) electrons. The summed E-state index contributed by atoms with van der Waals surface area (Å²) in [4.78, 5) is 3.86. The minimum atomic E-state index is -4.19. The zero-order valence-electron chi connectivity index (χ0n) is 9.65. The number of anilines is 2. The smallest absolute Gasteiger partial charge is 0.266 e. The Morgan fingerprint density at radius 3 is 2.63 bits per heavy atom. The number of rotatable bonds is 3. The fourth-order valence-corrected chi connectivity index (χ4v) is 3.33. The molecule has 0 aliphatic carbocycles. The van der Waals surface area contributed by atoms with E-state index in [1.165, 1.54) is 6.20 Å². The fraction of sp³-hybridized carbons (Fsp3) is 0.100. The van der Waals surface area contributed by atoms with E-state index in [-0.39, 0.29) is 5.13 Å². The second kappa shape index (κ2) is 4.74. The molecule has 5 nitrogen and oxygen atoms in total. The molecule has 0 bridgehead atoms. The van der Waals surface area contributed by atoms with Crippen LogP contribution < -0.4 is 10.5 Å². The molecular formula is C10H9F2N3O2S2. The van der Waals surface area contributed by atoms with E-state index in [1.54, 1.807) is 6.92 Å². The van der Waals surface area contributed by atoms with Crippen molar-refractivity contribution in [2.45, 2.75) is 11.8 Å². The summed E-state index contributed by atoms with van der Waals surface area (Å²) in [5, 5.41) is 0.0970. The number of halogens is 2. The van der Waals surface area contributed by atoms with Crippen molar-refractivity contribution in [1.82, 2.24) is 4.98 Å². The quantitative estimate of drug-likeness (QED) is 0.851. The van der Waals surface area contributed by atoms with E-state index in [2.05, 4.69) is 9.71 Å². The van der Waals surface area contributed by atoms with E-state index in [9.17, 15) is 17.2 Å². The Morgan fingerprint density at radius 2 is 2.05 bits per heavy atom. The van der Waals surface area contributed by atoms with Crippen molar-refractivity contribution in [3.63, 3.8) is 0 Å². The van der Waals surface area contributed by atoms with Gasteiger partial charge in [0.25, 0.3) is 10.0 Å². The summed E-state index contributed by atoms with van der Waals surface area (Å²) in [5.41, 5.74) is 4.29. The van der Waals surface area contributed by atoms with Gasteiger partial charge in [-0.2, -0.15) is 0 Å². The van der Waals surface area contributed by atoms with Crippen LogP contribution in [0.1, 0.15) is 4.88 Å². The zero-order chi connectivity index (χ0) is 14.2. The number of aromatic nitrogens is 1. The molecule has 1 aromatic carbocycles. The number of nitrogens with one attached hydrogen (secondary N) is 1. The highest BCUT2D eigenvalue weighted by Crippen LogP contribution is 2.26. The van der Waals surface area contributed by atoms with E-state index in [1.807, 2.05) is 0 Å². The van der Waals surface area contributed by atoms with E-state index < -0.39 is 32.2 Å². The second-order valence-electron chi connectivity index (χ2n) is 3.65. The predicted octanol–water partition coefficient (Wildman–Crippen LogP) is 2.11. The molecule has 2 rings (SSSR count). The Bertz CT molecular complexity index is 728. The van der Waals surface area contributed by atoms with Gasteiger partial charge in [-0.05, 0) is 19.1 Å². The summed E-state index contributed by atoms with van der Waals surface area (Å²) >= 11 is 1.09. The average molecular weight is 305 g/mol. The first kappa shape index (κ1) is 13.7. The largest absolute Gasteiger partial charge is 0.394 e. The van der Waals surface area contributed by atoms with E-state index >= 15 is 0 Å². The summed E-state index contributed by atoms with van der Waals surface area (Å²) in [5.74, 6) is -2.33. The lowest BCUT2D eigenvalue weighted by Gasteiger charge is -2.08. The molecule has 0 aliphatic heterocycles. The van der Waals surface area contributed by atoms with Crippen molar-refractivity contribution >= 4 is 32.2 Å². The lowest BCUT2D eigenvalue weighted by molar-refractivity contribution is 0.557. The molecule has 0 fully saturated rings. The maximum absolute atomic E-state index is 13.7. The van der Waals surface area contributed by atoms with Crippen molar-refractivity contribution in [3.8, 4) is 0 Å². The van der Waals surface area contributed by atoms with Crippen LogP contribution >= 0.6 is 11.3 Å². The molecule has 0 atom stereocenters. The Hall–Kier alpha value is -1.74. The lowest BCUT2D eigenvalue weighted by atomic mass is 10.3. The van der Waals surface area contributed by atoms with Crippen LogP contribution in [0, 0.1) is 18.6 Å². The van der Waals surface area contributed by atoms with Crippen LogP contribution in [-0.4, -0.2) is 13.4 Å². The van der Waals surface area contributed by atoms with Crippen LogP contribution in [-0.2, 0) is 10.0 Å². The average Bonchev–Trinajstić information content (AvgIpc) is 2.70. The number of nitrogens with zero attached hydrogens (tertiary/aromatic N) is 1. The van der Waals surface area contributed by atoms with Crippen molar-refractivity contribution in [3.05, 3.63) is 34.8 Å². The molecule has 0 amide bonds. The van der Waals surface area contributed by atoms with Gasteiger partial charge in [0.15, 0.2) is 10.9 Å². The molecule has 9 heteroatoms. The van der Waals surface area contributed by atoms with Gasteiger partial charge in [0.05, 0.1) is 0 Å². The van der Waals surface area contributed by atoms with Gasteiger partial charge in [-0.15, -0.1) is 11.3 Å². The highest BCUT2D eigenvalue weighted by atomic mass is 32.2. The van der Waals surface area contributed by atoms with Gasteiger partial charge in [-0.3, -0.25) is 4.72 Å². The van der Waals surface area contributed by atoms with Gasteiger partial charge in [0.2, 0.25) is 0 Å². The number of benzene rings is 1. The van der Waals surface area contributed by atoms with Crippen LogP contribution in [0.15, 0.2) is 23.2 Å². The number of nitrogen functional groups attached to an aromatic ring is 1. The predicted molar refractivity (Wildman–Crippen MR) is 68.4 cm³/mol. The molecule has 1 aromatic heterocycles. The monoisotopic (exact) mass is 305 g/mol. The van der Waals surface area contributed by atoms with Crippen molar-refractivity contribution in [2.75, 3.05) is 10.5 Å². The van der Waals surface area contributed by atoms with Crippen LogP contribution in [0.5, 0.6) is 0 Å². The number of sulfonamides is 1. The lowest BCUT2D eigenvalue weighted by Crippen LogP contribution is -2.15. The Morgan fingerprint density at radius 1 is 1.37 bits per heavy atom. The Labute approximate surface area is 112 Å². The van der Waals surface area contributed by atoms with Gasteiger partial charge in [-0.1, -0.05) is 0 Å². The molecule has 19 heavy (non-hydrogen) atoms. The fourth-order valence-electron chi connectivity index (χ4n) is 1.33. The zero-order valence-corrected chi connectivity index (χ0v) is 11.3. The van der Waals surface area contributed by atoms with Crippen molar-refractivity contribution in [2.24, 2.45) is 0 Å². The van der Waals surface area contributed by atoms with Crippen LogP contribution in [0.2, 0.25) is 0 Å². The first-order chi connectivity index (χ1) is 8.81. The first-order valence-electron chi connectivity index (χ1n) is 5.00. The van der Waals surface area contributed by atoms with Crippen LogP contribution in [0.4, 0.5) is 19.6 Å². The maximum Gasteiger partial charge on any atom is 0.266 e. The van der Waals surface area contributed by atoms with Gasteiger partial charge in [0.1, 0.15) is 16.4 Å². The topological polar surface area (TPSA) is 85.1 Å². The summed E-state index contributed by atoms with van der Waals surface area (Å²) in [6.07, 6.45) is 1.47. The van der Waals surface area contributed by atoms with Crippen molar-refractivity contribution in [1.29, 1.82) is 0 Å². The number of thiazole rings is 1. The normalized spacial score (nSPS) is 11.5. The van der Waals surface area contributed by atoms with Crippen molar-refractivity contribution < 1.29 is 17.2 Å². The maximum atomic E-state index is 13.7. The van der Waals surface area contributed by atoms with Crippen LogP contribution in [0.25, 0.3) is 0 Å². The summed E-state index contributed by atoms with van der Waals surface area (Å²) in [6.45, 7) is 1.74. The van der Waals surface area contributed by atoms with E-state index in [0.29, 0.717) is 0 Å². The molecule has 2 aromatic rings. The second-order valence-corrected chi connectivity index (χ2v) is 6.54. The summed E-state index contributed by atoms with van der Waals surface area (Å²) in [7, 11) is -4.19. The Kier molecular flexibility index (Phi) is 3.42. The molecule has 0 spiro atoms. The molecule has 0 aliphatic rings. The standard InChI is InChI=1S/C10H9F2N3O2S2/c1-5-4-14-10(18-5)15-19(16,17)7-3-2-6(11)9(13)8(7)12/h2-4H,13H2,1H3,(H,14,15). The molecule has 102 valence electrons. The summed E-state index contributed by atoms with van der Waals surface area (Å²) in [6, 6.07) is 1.60. The number of aryl methyl sites for hydroxylation is 1. The molecule has 0 saturated heterocycles. The van der Waals surface area contributed by atoms with Gasteiger partial charge >= 0.3 is 0 Å². The Balaban J connectivity index is 2.43. The third kappa shape index (κ3) is 2.66. The highest BCUT2D eigenvalue weighted by Gasteiger charge is 2.23. The number of hydrogen-bond donors (Lipinski definition) is 2. The number of hydrogen-bond acceptors (Lipinski definition) is 5. The number of nitrogens with two attached hydrogens (primary N) is 1. The van der Waals surface area contributed by atoms with E-state index in [4.69, 9.17) is 5.73 Å².